The lowest BCUT2D eigenvalue weighted by Crippen LogP contribution is -2.07. The summed E-state index contributed by atoms with van der Waals surface area (Å²) in [5.41, 5.74) is -0.825. The number of Topliss-reactive ketones (excluding diaryl/α,β-unsaturated/α-hetero) is 1. The maximum atomic E-state index is 12.4. The zero-order chi connectivity index (χ0) is 11.8. The van der Waals surface area contributed by atoms with Crippen molar-refractivity contribution in [2.24, 2.45) is 0 Å². The highest BCUT2D eigenvalue weighted by Crippen LogP contribution is 2.37. The Kier molecular flexibility index (Phi) is 3.45. The van der Waals surface area contributed by atoms with Crippen LogP contribution in [0.15, 0.2) is 16.6 Å². The van der Waals surface area contributed by atoms with Gasteiger partial charge in [-0.25, -0.2) is 0 Å². The Morgan fingerprint density at radius 1 is 1.40 bits per heavy atom. The van der Waals surface area contributed by atoms with Gasteiger partial charge in [-0.05, 0) is 19.1 Å². The first-order chi connectivity index (χ1) is 6.73. The van der Waals surface area contributed by atoms with Gasteiger partial charge in [-0.2, -0.15) is 13.2 Å². The van der Waals surface area contributed by atoms with Crippen molar-refractivity contribution in [3.05, 3.63) is 32.8 Å². The van der Waals surface area contributed by atoms with Gasteiger partial charge in [0, 0.05) is 10.0 Å². The number of hydrogen-bond donors (Lipinski definition) is 0. The smallest absolute Gasteiger partial charge is 0.294 e. The molecule has 0 bridgehead atoms. The summed E-state index contributed by atoms with van der Waals surface area (Å²) >= 11 is 8.33. The first-order valence-electron chi connectivity index (χ1n) is 3.80. The predicted molar refractivity (Wildman–Crippen MR) is 54.2 cm³/mol. The molecule has 1 nitrogen and oxygen atoms in total. The Bertz CT molecular complexity index is 415. The molecule has 0 N–H and O–H groups in total. The van der Waals surface area contributed by atoms with Crippen molar-refractivity contribution in [3.8, 4) is 0 Å². The van der Waals surface area contributed by atoms with Gasteiger partial charge in [0.05, 0.1) is 10.6 Å². The van der Waals surface area contributed by atoms with Crippen LogP contribution in [0.25, 0.3) is 0 Å². The number of carbonyl (C=O) groups excluding carboxylic acids is 1. The van der Waals surface area contributed by atoms with Crippen LogP contribution in [-0.2, 0) is 6.18 Å². The lowest BCUT2D eigenvalue weighted by molar-refractivity contribution is -0.137. The minimum absolute atomic E-state index is 0.0896. The minimum Gasteiger partial charge on any atom is -0.294 e. The van der Waals surface area contributed by atoms with Crippen LogP contribution in [-0.4, -0.2) is 5.78 Å². The van der Waals surface area contributed by atoms with Gasteiger partial charge < -0.3 is 0 Å². The van der Waals surface area contributed by atoms with Crippen molar-refractivity contribution < 1.29 is 18.0 Å². The van der Waals surface area contributed by atoms with Gasteiger partial charge in [0.2, 0.25) is 0 Å². The summed E-state index contributed by atoms with van der Waals surface area (Å²) in [4.78, 5) is 11.0. The topological polar surface area (TPSA) is 17.1 Å². The molecule has 0 atom stereocenters. The summed E-state index contributed by atoms with van der Waals surface area (Å²) < 4.78 is 37.2. The van der Waals surface area contributed by atoms with Gasteiger partial charge in [0.1, 0.15) is 0 Å². The normalized spacial score (nSPS) is 11.6. The summed E-state index contributed by atoms with van der Waals surface area (Å²) in [7, 11) is 0. The molecule has 0 aliphatic carbocycles. The average Bonchev–Trinajstić information content (AvgIpc) is 2.06. The van der Waals surface area contributed by atoms with E-state index in [1.54, 1.807) is 0 Å². The van der Waals surface area contributed by atoms with Crippen LogP contribution < -0.4 is 0 Å². The van der Waals surface area contributed by atoms with E-state index in [9.17, 15) is 18.0 Å². The third kappa shape index (κ3) is 2.72. The summed E-state index contributed by atoms with van der Waals surface area (Å²) in [5.74, 6) is -0.350. The Morgan fingerprint density at radius 3 is 2.33 bits per heavy atom. The van der Waals surface area contributed by atoms with Crippen LogP contribution in [0, 0.1) is 0 Å². The fraction of sp³-hybridized carbons (Fsp3) is 0.222. The molecule has 1 aromatic rings. The Balaban J connectivity index is 3.39. The molecule has 15 heavy (non-hydrogen) atoms. The van der Waals surface area contributed by atoms with E-state index in [1.165, 1.54) is 6.92 Å². The molecular weight excluding hydrogens is 296 g/mol. The molecule has 0 fully saturated rings. The van der Waals surface area contributed by atoms with Crippen LogP contribution >= 0.6 is 27.5 Å². The van der Waals surface area contributed by atoms with E-state index in [2.05, 4.69) is 15.9 Å². The van der Waals surface area contributed by atoms with Crippen LogP contribution in [0.5, 0.6) is 0 Å². The lowest BCUT2D eigenvalue weighted by Gasteiger charge is -2.11. The highest BCUT2D eigenvalue weighted by atomic mass is 79.9. The number of alkyl halides is 3. The molecule has 0 aromatic heterocycles. The van der Waals surface area contributed by atoms with Gasteiger partial charge in [-0.3, -0.25) is 4.79 Å². The second-order valence-corrected chi connectivity index (χ2v) is 4.13. The SMILES string of the molecule is CC(=O)c1cc(Cl)c(C(F)(F)F)cc1Br. The van der Waals surface area contributed by atoms with Crippen molar-refractivity contribution in [2.45, 2.75) is 13.1 Å². The van der Waals surface area contributed by atoms with E-state index >= 15 is 0 Å². The van der Waals surface area contributed by atoms with E-state index in [0.717, 1.165) is 12.1 Å². The van der Waals surface area contributed by atoms with Crippen LogP contribution in [0.4, 0.5) is 13.2 Å². The van der Waals surface area contributed by atoms with E-state index in [-0.39, 0.29) is 15.8 Å². The monoisotopic (exact) mass is 300 g/mol. The molecule has 0 aliphatic heterocycles. The van der Waals surface area contributed by atoms with Crippen LogP contribution in [0.3, 0.4) is 0 Å². The Labute approximate surface area is 97.4 Å². The third-order valence-corrected chi connectivity index (χ3v) is 2.71. The maximum absolute atomic E-state index is 12.4. The van der Waals surface area contributed by atoms with Gasteiger partial charge in [-0.1, -0.05) is 27.5 Å². The fourth-order valence-electron chi connectivity index (χ4n) is 1.03. The molecule has 0 saturated carbocycles. The summed E-state index contributed by atoms with van der Waals surface area (Å²) in [6, 6.07) is 1.82. The largest absolute Gasteiger partial charge is 0.417 e. The maximum Gasteiger partial charge on any atom is 0.417 e. The average molecular weight is 301 g/mol. The summed E-state index contributed by atoms with van der Waals surface area (Å²) in [6.45, 7) is 1.25. The molecule has 0 spiro atoms. The number of carbonyl (C=O) groups is 1. The second kappa shape index (κ2) is 4.14. The molecule has 0 unspecified atom stereocenters. The van der Waals surface area contributed by atoms with E-state index in [0.29, 0.717) is 0 Å². The second-order valence-electron chi connectivity index (χ2n) is 2.87. The Morgan fingerprint density at radius 2 is 1.93 bits per heavy atom. The van der Waals surface area contributed by atoms with Crippen LogP contribution in [0.2, 0.25) is 5.02 Å². The quantitative estimate of drug-likeness (QED) is 0.706. The third-order valence-electron chi connectivity index (χ3n) is 1.74. The van der Waals surface area contributed by atoms with Gasteiger partial charge in [0.15, 0.2) is 5.78 Å². The van der Waals surface area contributed by atoms with Crippen molar-refractivity contribution in [1.82, 2.24) is 0 Å². The zero-order valence-electron chi connectivity index (χ0n) is 7.45. The highest BCUT2D eigenvalue weighted by Gasteiger charge is 2.34. The van der Waals surface area contributed by atoms with Gasteiger partial charge in [-0.15, -0.1) is 0 Å². The molecule has 82 valence electrons. The standard InChI is InChI=1S/C9H5BrClF3O/c1-4(15)5-2-8(11)6(3-7(5)10)9(12,13)14/h2-3H,1H3. The molecule has 0 saturated heterocycles. The molecule has 0 radical (unpaired) electrons. The van der Waals surface area contributed by atoms with Crippen molar-refractivity contribution in [2.75, 3.05) is 0 Å². The van der Waals surface area contributed by atoms with Gasteiger partial charge >= 0.3 is 6.18 Å². The number of halogens is 5. The first-order valence-corrected chi connectivity index (χ1v) is 4.97. The Hall–Kier alpha value is -0.550. The molecule has 1 aromatic carbocycles. The molecule has 0 amide bonds. The summed E-state index contributed by atoms with van der Waals surface area (Å²) in [5, 5.41) is -0.476. The minimum atomic E-state index is -4.52. The number of hydrogen-bond acceptors (Lipinski definition) is 1. The number of rotatable bonds is 1. The predicted octanol–water partition coefficient (Wildman–Crippen LogP) is 4.32. The molecule has 1 rings (SSSR count). The van der Waals surface area contributed by atoms with E-state index in [1.807, 2.05) is 0 Å². The highest BCUT2D eigenvalue weighted by molar-refractivity contribution is 9.10. The summed E-state index contributed by atoms with van der Waals surface area (Å²) in [6.07, 6.45) is -4.52. The molecule has 0 aliphatic rings. The number of ketones is 1. The van der Waals surface area contributed by atoms with E-state index < -0.39 is 16.8 Å². The van der Waals surface area contributed by atoms with E-state index in [4.69, 9.17) is 11.6 Å². The van der Waals surface area contributed by atoms with Crippen LogP contribution in [0.1, 0.15) is 22.8 Å². The van der Waals surface area contributed by atoms with Crippen molar-refractivity contribution >= 4 is 33.3 Å². The molecular formula is C9H5BrClF3O. The molecule has 0 heterocycles. The molecule has 6 heteroatoms. The fourth-order valence-corrected chi connectivity index (χ4v) is 1.93. The van der Waals surface area contributed by atoms with Crippen molar-refractivity contribution in [1.29, 1.82) is 0 Å². The van der Waals surface area contributed by atoms with Gasteiger partial charge in [0.25, 0.3) is 0 Å². The zero-order valence-corrected chi connectivity index (χ0v) is 9.79. The van der Waals surface area contributed by atoms with Crippen molar-refractivity contribution in [3.63, 3.8) is 0 Å². The lowest BCUT2D eigenvalue weighted by atomic mass is 10.1. The first kappa shape index (κ1) is 12.5. The number of benzene rings is 1.